The highest BCUT2D eigenvalue weighted by Gasteiger charge is 2.23. The van der Waals surface area contributed by atoms with Gasteiger partial charge in [-0.15, -0.1) is 0 Å². The van der Waals surface area contributed by atoms with E-state index in [1.807, 2.05) is 6.07 Å². The van der Waals surface area contributed by atoms with E-state index in [9.17, 15) is 0 Å². The van der Waals surface area contributed by atoms with Gasteiger partial charge in [-0.3, -0.25) is 0 Å². The zero-order valence-electron chi connectivity index (χ0n) is 9.46. The molecule has 0 spiro atoms. The lowest BCUT2D eigenvalue weighted by Gasteiger charge is -2.16. The number of rotatable bonds is 4. The van der Waals surface area contributed by atoms with Crippen molar-refractivity contribution in [2.75, 3.05) is 31.7 Å². The smallest absolute Gasteiger partial charge is 0.225 e. The molecule has 1 aromatic heterocycles. The predicted molar refractivity (Wildman–Crippen MR) is 60.2 cm³/mol. The summed E-state index contributed by atoms with van der Waals surface area (Å²) in [4.78, 5) is 10.8. The van der Waals surface area contributed by atoms with Gasteiger partial charge in [0.2, 0.25) is 5.95 Å². The van der Waals surface area contributed by atoms with Gasteiger partial charge in [0.15, 0.2) is 0 Å². The molecule has 1 fully saturated rings. The largest absolute Gasteiger partial charge is 0.396 e. The first-order valence-corrected chi connectivity index (χ1v) is 5.50. The molecule has 0 amide bonds. The third-order valence-electron chi connectivity index (χ3n) is 2.82. The van der Waals surface area contributed by atoms with Crippen molar-refractivity contribution in [3.63, 3.8) is 0 Å². The van der Waals surface area contributed by atoms with Crippen LogP contribution in [0.15, 0.2) is 12.3 Å². The van der Waals surface area contributed by atoms with E-state index >= 15 is 0 Å². The van der Waals surface area contributed by atoms with Crippen LogP contribution in [-0.2, 0) is 11.3 Å². The number of anilines is 1. The Morgan fingerprint density at radius 2 is 2.50 bits per heavy atom. The highest BCUT2D eigenvalue weighted by atomic mass is 16.5. The van der Waals surface area contributed by atoms with Crippen molar-refractivity contribution in [1.82, 2.24) is 9.97 Å². The van der Waals surface area contributed by atoms with Gasteiger partial charge in [-0.1, -0.05) is 0 Å². The molecule has 1 aliphatic heterocycles. The highest BCUT2D eigenvalue weighted by Crippen LogP contribution is 2.20. The topological polar surface area (TPSA) is 58.5 Å². The Labute approximate surface area is 95.1 Å². The summed E-state index contributed by atoms with van der Waals surface area (Å²) < 4.78 is 5.04. The summed E-state index contributed by atoms with van der Waals surface area (Å²) in [5.74, 6) is 1.10. The maximum atomic E-state index is 9.08. The second-order valence-corrected chi connectivity index (χ2v) is 4.06. The summed E-state index contributed by atoms with van der Waals surface area (Å²) >= 11 is 0. The molecule has 0 saturated carbocycles. The summed E-state index contributed by atoms with van der Waals surface area (Å²) in [6.07, 6.45) is 2.76. The van der Waals surface area contributed by atoms with Crippen molar-refractivity contribution in [2.45, 2.75) is 13.0 Å². The molecular weight excluding hydrogens is 206 g/mol. The molecule has 16 heavy (non-hydrogen) atoms. The molecule has 1 unspecified atom stereocenters. The van der Waals surface area contributed by atoms with Gasteiger partial charge in [-0.05, 0) is 12.5 Å². The number of aromatic nitrogens is 2. The van der Waals surface area contributed by atoms with Gasteiger partial charge in [-0.25, -0.2) is 9.97 Å². The van der Waals surface area contributed by atoms with E-state index in [1.54, 1.807) is 13.3 Å². The van der Waals surface area contributed by atoms with Gasteiger partial charge < -0.3 is 14.7 Å². The quantitative estimate of drug-likeness (QED) is 0.802. The van der Waals surface area contributed by atoms with E-state index in [0.29, 0.717) is 12.5 Å². The number of aliphatic hydroxyl groups is 1. The first-order valence-electron chi connectivity index (χ1n) is 5.50. The van der Waals surface area contributed by atoms with Crippen LogP contribution in [0.4, 0.5) is 5.95 Å². The van der Waals surface area contributed by atoms with E-state index in [4.69, 9.17) is 9.84 Å². The van der Waals surface area contributed by atoms with E-state index in [2.05, 4.69) is 14.9 Å². The average Bonchev–Trinajstić information content (AvgIpc) is 2.78. The fourth-order valence-electron chi connectivity index (χ4n) is 1.93. The molecule has 5 heteroatoms. The molecule has 1 aromatic rings. The number of methoxy groups -OCH3 is 1. The summed E-state index contributed by atoms with van der Waals surface area (Å²) in [5, 5.41) is 9.08. The summed E-state index contributed by atoms with van der Waals surface area (Å²) in [6.45, 7) is 2.51. The average molecular weight is 223 g/mol. The van der Waals surface area contributed by atoms with Crippen LogP contribution in [0.3, 0.4) is 0 Å². The van der Waals surface area contributed by atoms with Crippen LogP contribution in [0, 0.1) is 5.92 Å². The minimum absolute atomic E-state index is 0.244. The molecule has 5 nitrogen and oxygen atoms in total. The third kappa shape index (κ3) is 2.48. The predicted octanol–water partition coefficient (Wildman–Crippen LogP) is 0.442. The van der Waals surface area contributed by atoms with Gasteiger partial charge in [-0.2, -0.15) is 0 Å². The van der Waals surface area contributed by atoms with Crippen molar-refractivity contribution in [3.8, 4) is 0 Å². The maximum absolute atomic E-state index is 9.08. The lowest BCUT2D eigenvalue weighted by molar-refractivity contribution is 0.181. The lowest BCUT2D eigenvalue weighted by Crippen LogP contribution is -2.23. The molecule has 1 N–H and O–H groups in total. The molecule has 0 radical (unpaired) electrons. The van der Waals surface area contributed by atoms with Crippen LogP contribution >= 0.6 is 0 Å². The summed E-state index contributed by atoms with van der Waals surface area (Å²) in [7, 11) is 1.65. The molecule has 2 heterocycles. The second-order valence-electron chi connectivity index (χ2n) is 4.06. The molecule has 1 atom stereocenters. The lowest BCUT2D eigenvalue weighted by atomic mass is 10.1. The monoisotopic (exact) mass is 223 g/mol. The van der Waals surface area contributed by atoms with Crippen LogP contribution in [-0.4, -0.2) is 41.9 Å². The first-order chi connectivity index (χ1) is 7.83. The summed E-state index contributed by atoms with van der Waals surface area (Å²) in [6, 6.07) is 1.85. The van der Waals surface area contributed by atoms with Gasteiger partial charge >= 0.3 is 0 Å². The van der Waals surface area contributed by atoms with Crippen LogP contribution in [0.2, 0.25) is 0 Å². The Morgan fingerprint density at radius 3 is 3.19 bits per heavy atom. The minimum atomic E-state index is 0.244. The molecule has 0 bridgehead atoms. The van der Waals surface area contributed by atoms with E-state index < -0.39 is 0 Å². The fourth-order valence-corrected chi connectivity index (χ4v) is 1.93. The Hall–Kier alpha value is -1.20. The minimum Gasteiger partial charge on any atom is -0.396 e. The van der Waals surface area contributed by atoms with E-state index in [0.717, 1.165) is 31.2 Å². The molecule has 1 saturated heterocycles. The van der Waals surface area contributed by atoms with Crippen molar-refractivity contribution < 1.29 is 9.84 Å². The standard InChI is InChI=1S/C11H17N3O2/c1-16-8-10-2-4-12-11(13-10)14-5-3-9(6-14)7-15/h2,4,9,15H,3,5-8H2,1H3. The third-order valence-corrected chi connectivity index (χ3v) is 2.82. The van der Waals surface area contributed by atoms with E-state index in [-0.39, 0.29) is 6.61 Å². The van der Waals surface area contributed by atoms with Gasteiger partial charge in [0, 0.05) is 38.9 Å². The van der Waals surface area contributed by atoms with Crippen molar-refractivity contribution in [3.05, 3.63) is 18.0 Å². The van der Waals surface area contributed by atoms with Crippen LogP contribution in [0.5, 0.6) is 0 Å². The Bertz CT molecular complexity index is 346. The zero-order valence-corrected chi connectivity index (χ0v) is 9.46. The molecule has 2 rings (SSSR count). The SMILES string of the molecule is COCc1ccnc(N2CCC(CO)C2)n1. The number of hydrogen-bond acceptors (Lipinski definition) is 5. The van der Waals surface area contributed by atoms with Crippen molar-refractivity contribution in [2.24, 2.45) is 5.92 Å². The molecule has 0 aromatic carbocycles. The van der Waals surface area contributed by atoms with Crippen LogP contribution in [0.1, 0.15) is 12.1 Å². The van der Waals surface area contributed by atoms with Crippen LogP contribution < -0.4 is 4.90 Å². The molecular formula is C11H17N3O2. The molecule has 1 aliphatic rings. The summed E-state index contributed by atoms with van der Waals surface area (Å²) in [5.41, 5.74) is 0.889. The number of hydrogen-bond donors (Lipinski definition) is 1. The Kier molecular flexibility index (Phi) is 3.69. The molecule has 0 aliphatic carbocycles. The maximum Gasteiger partial charge on any atom is 0.225 e. The van der Waals surface area contributed by atoms with Gasteiger partial charge in [0.1, 0.15) is 0 Å². The first kappa shape index (κ1) is 11.3. The number of ether oxygens (including phenoxy) is 1. The van der Waals surface area contributed by atoms with Crippen LogP contribution in [0.25, 0.3) is 0 Å². The Balaban J connectivity index is 2.06. The number of nitrogens with zero attached hydrogens (tertiary/aromatic N) is 3. The zero-order chi connectivity index (χ0) is 11.4. The van der Waals surface area contributed by atoms with Gasteiger partial charge in [0.25, 0.3) is 0 Å². The second kappa shape index (κ2) is 5.23. The Morgan fingerprint density at radius 1 is 1.62 bits per heavy atom. The molecule has 88 valence electrons. The van der Waals surface area contributed by atoms with E-state index in [1.165, 1.54) is 0 Å². The normalized spacial score (nSPS) is 20.4. The highest BCUT2D eigenvalue weighted by molar-refractivity contribution is 5.31. The van der Waals surface area contributed by atoms with Gasteiger partial charge in [0.05, 0.1) is 12.3 Å². The van der Waals surface area contributed by atoms with Crippen molar-refractivity contribution in [1.29, 1.82) is 0 Å². The number of aliphatic hydroxyl groups excluding tert-OH is 1. The fraction of sp³-hybridized carbons (Fsp3) is 0.636. The van der Waals surface area contributed by atoms with Crippen molar-refractivity contribution >= 4 is 5.95 Å².